The number of benzene rings is 4. The van der Waals surface area contributed by atoms with Gasteiger partial charge in [-0.3, -0.25) is 9.59 Å². The van der Waals surface area contributed by atoms with Crippen LogP contribution in [-0.2, 0) is 16.2 Å². The molecular formula is C32H24N2O3. The lowest BCUT2D eigenvalue weighted by Gasteiger charge is -2.45. The Morgan fingerprint density at radius 1 is 0.649 bits per heavy atom. The molecule has 0 unspecified atom stereocenters. The molecule has 1 saturated heterocycles. The van der Waals surface area contributed by atoms with Crippen molar-refractivity contribution in [2.75, 3.05) is 0 Å². The van der Waals surface area contributed by atoms with Crippen LogP contribution < -0.4 is 4.74 Å². The number of nitrogens with zero attached hydrogens (tertiary/aromatic N) is 2. The topological polar surface area (TPSA) is 59.0 Å². The third-order valence-corrected chi connectivity index (χ3v) is 7.89. The van der Waals surface area contributed by atoms with Gasteiger partial charge in [0.25, 0.3) is 11.8 Å². The van der Waals surface area contributed by atoms with Gasteiger partial charge in [0.15, 0.2) is 0 Å². The number of amides is 2. The third-order valence-electron chi connectivity index (χ3n) is 7.89. The van der Waals surface area contributed by atoms with Crippen molar-refractivity contribution in [3.05, 3.63) is 137 Å². The van der Waals surface area contributed by atoms with Crippen LogP contribution in [0.5, 0.6) is 5.75 Å². The van der Waals surface area contributed by atoms with Crippen molar-refractivity contribution in [2.24, 2.45) is 16.9 Å². The average molecular weight is 485 g/mol. The first-order valence-electron chi connectivity index (χ1n) is 12.6. The Kier molecular flexibility index (Phi) is 5.03. The second kappa shape index (κ2) is 8.56. The number of hydrogen-bond acceptors (Lipinski definition) is 4. The van der Waals surface area contributed by atoms with E-state index in [1.807, 2.05) is 78.9 Å². The monoisotopic (exact) mass is 484 g/mol. The lowest BCUT2D eigenvalue weighted by atomic mass is 9.55. The van der Waals surface area contributed by atoms with Crippen LogP contribution in [0.15, 0.2) is 108 Å². The molecule has 180 valence electrons. The Balaban J connectivity index is 1.21. The fourth-order valence-corrected chi connectivity index (χ4v) is 6.35. The van der Waals surface area contributed by atoms with Crippen molar-refractivity contribution in [1.82, 2.24) is 5.01 Å². The Morgan fingerprint density at radius 3 is 1.70 bits per heavy atom. The largest absolute Gasteiger partial charge is 0.488 e. The van der Waals surface area contributed by atoms with Gasteiger partial charge in [0.2, 0.25) is 0 Å². The maximum Gasteiger partial charge on any atom is 0.254 e. The maximum atomic E-state index is 13.7. The molecule has 0 aromatic heterocycles. The number of para-hydroxylation sites is 1. The van der Waals surface area contributed by atoms with E-state index < -0.39 is 11.8 Å². The second-order valence-electron chi connectivity index (χ2n) is 9.81. The molecule has 1 aliphatic heterocycles. The van der Waals surface area contributed by atoms with Gasteiger partial charge in [-0.15, -0.1) is 0 Å². The van der Waals surface area contributed by atoms with E-state index in [4.69, 9.17) is 4.74 Å². The minimum Gasteiger partial charge on any atom is -0.488 e. The fraction of sp³-hybridized carbons (Fsp3) is 0.156. The summed E-state index contributed by atoms with van der Waals surface area (Å²) in [4.78, 5) is 27.5. The molecule has 37 heavy (non-hydrogen) atoms. The summed E-state index contributed by atoms with van der Waals surface area (Å²) in [5, 5.41) is 5.55. The summed E-state index contributed by atoms with van der Waals surface area (Å²) >= 11 is 0. The van der Waals surface area contributed by atoms with Gasteiger partial charge in [-0.05, 0) is 39.9 Å². The molecule has 4 aromatic rings. The SMILES string of the molecule is O=C1[C@H]2C3c4ccccc4C(c4ccccc43)[C@@H]2C(=O)N1/N=C\c1ccccc1OCc1ccccc1. The number of carbonyl (C=O) groups is 2. The molecule has 0 spiro atoms. The van der Waals surface area contributed by atoms with E-state index >= 15 is 0 Å². The number of imide groups is 1. The summed E-state index contributed by atoms with van der Waals surface area (Å²) in [7, 11) is 0. The van der Waals surface area contributed by atoms with Crippen molar-refractivity contribution in [3.8, 4) is 5.75 Å². The van der Waals surface area contributed by atoms with Crippen LogP contribution in [0.3, 0.4) is 0 Å². The molecule has 2 bridgehead atoms. The zero-order valence-corrected chi connectivity index (χ0v) is 20.0. The molecule has 2 amide bonds. The standard InChI is InChI=1S/C32H24N2O3/c35-31-29-27-22-13-5-6-14-23(22)28(25-16-8-7-15-24(25)27)30(29)32(36)34(31)33-18-21-12-4-9-17-26(21)37-19-20-10-2-1-3-11-20/h1-18,27-30H,19H2/b33-18-/t27?,28?,29-,30-/m0/s1. The molecule has 3 aliphatic carbocycles. The Hall–Kier alpha value is -4.51. The predicted molar refractivity (Wildman–Crippen MR) is 140 cm³/mol. The van der Waals surface area contributed by atoms with E-state index in [2.05, 4.69) is 29.4 Å². The predicted octanol–water partition coefficient (Wildman–Crippen LogP) is 5.49. The normalized spacial score (nSPS) is 23.2. The lowest BCUT2D eigenvalue weighted by molar-refractivity contribution is -0.139. The number of rotatable bonds is 5. The first-order chi connectivity index (χ1) is 18.2. The molecular weight excluding hydrogens is 460 g/mol. The molecule has 8 rings (SSSR count). The molecule has 4 aromatic carbocycles. The molecule has 5 heteroatoms. The first kappa shape index (κ1) is 21.7. The summed E-state index contributed by atoms with van der Waals surface area (Å²) in [6.45, 7) is 0.414. The number of carbonyl (C=O) groups excluding carboxylic acids is 2. The summed E-state index contributed by atoms with van der Waals surface area (Å²) in [6.07, 6.45) is 1.57. The van der Waals surface area contributed by atoms with Crippen LogP contribution >= 0.6 is 0 Å². The van der Waals surface area contributed by atoms with Crippen LogP contribution in [-0.4, -0.2) is 23.0 Å². The molecule has 1 fully saturated rings. The molecule has 2 atom stereocenters. The van der Waals surface area contributed by atoms with Gasteiger partial charge >= 0.3 is 0 Å². The quantitative estimate of drug-likeness (QED) is 0.278. The summed E-state index contributed by atoms with van der Waals surface area (Å²) < 4.78 is 6.04. The summed E-state index contributed by atoms with van der Waals surface area (Å²) in [5.41, 5.74) is 6.37. The Labute approximate surface area is 215 Å². The van der Waals surface area contributed by atoms with Crippen LogP contribution in [0.4, 0.5) is 0 Å². The Morgan fingerprint density at radius 2 is 1.14 bits per heavy atom. The summed E-state index contributed by atoms with van der Waals surface area (Å²) in [6, 6.07) is 33.9. The Bertz CT molecular complexity index is 1450. The first-order valence-corrected chi connectivity index (χ1v) is 12.6. The molecule has 0 saturated carbocycles. The summed E-state index contributed by atoms with van der Waals surface area (Å²) in [5.74, 6) is -0.971. The van der Waals surface area contributed by atoms with Crippen molar-refractivity contribution in [1.29, 1.82) is 0 Å². The van der Waals surface area contributed by atoms with Gasteiger partial charge in [0.1, 0.15) is 12.4 Å². The van der Waals surface area contributed by atoms with E-state index in [-0.39, 0.29) is 23.7 Å². The molecule has 4 aliphatic rings. The minimum absolute atomic E-state index is 0.138. The third kappa shape index (κ3) is 3.34. The van der Waals surface area contributed by atoms with Gasteiger partial charge in [-0.25, -0.2) is 0 Å². The molecule has 0 N–H and O–H groups in total. The average Bonchev–Trinajstić information content (AvgIpc) is 3.21. The van der Waals surface area contributed by atoms with Crippen molar-refractivity contribution < 1.29 is 14.3 Å². The smallest absolute Gasteiger partial charge is 0.254 e. The van der Waals surface area contributed by atoms with Crippen molar-refractivity contribution in [3.63, 3.8) is 0 Å². The number of hydrazone groups is 1. The highest BCUT2D eigenvalue weighted by molar-refractivity contribution is 6.08. The number of ether oxygens (including phenoxy) is 1. The van der Waals surface area contributed by atoms with Gasteiger partial charge in [-0.2, -0.15) is 10.1 Å². The van der Waals surface area contributed by atoms with E-state index in [9.17, 15) is 9.59 Å². The molecule has 0 radical (unpaired) electrons. The van der Waals surface area contributed by atoms with Gasteiger partial charge in [-0.1, -0.05) is 91.0 Å². The second-order valence-corrected chi connectivity index (χ2v) is 9.81. The zero-order chi connectivity index (χ0) is 24.9. The van der Waals surface area contributed by atoms with Crippen molar-refractivity contribution >= 4 is 18.0 Å². The maximum absolute atomic E-state index is 13.7. The van der Waals surface area contributed by atoms with E-state index in [0.717, 1.165) is 32.8 Å². The fourth-order valence-electron chi connectivity index (χ4n) is 6.35. The van der Waals surface area contributed by atoms with Crippen molar-refractivity contribution in [2.45, 2.75) is 18.4 Å². The number of hydrogen-bond donors (Lipinski definition) is 0. The highest BCUT2D eigenvalue weighted by Crippen LogP contribution is 2.60. The highest BCUT2D eigenvalue weighted by Gasteiger charge is 2.61. The molecule has 5 nitrogen and oxygen atoms in total. The highest BCUT2D eigenvalue weighted by atomic mass is 16.5. The van der Waals surface area contributed by atoms with Gasteiger partial charge < -0.3 is 4.74 Å². The van der Waals surface area contributed by atoms with Crippen LogP contribution in [0.1, 0.15) is 45.2 Å². The molecule has 1 heterocycles. The lowest BCUT2D eigenvalue weighted by Crippen LogP contribution is -2.41. The van der Waals surface area contributed by atoms with E-state index in [1.54, 1.807) is 6.21 Å². The minimum atomic E-state index is -0.441. The van der Waals surface area contributed by atoms with E-state index in [1.165, 1.54) is 0 Å². The van der Waals surface area contributed by atoms with Crippen LogP contribution in [0, 0.1) is 11.8 Å². The van der Waals surface area contributed by atoms with Crippen LogP contribution in [0.2, 0.25) is 0 Å². The van der Waals surface area contributed by atoms with Gasteiger partial charge in [0, 0.05) is 17.4 Å². The van der Waals surface area contributed by atoms with E-state index in [0.29, 0.717) is 17.9 Å². The van der Waals surface area contributed by atoms with Gasteiger partial charge in [0.05, 0.1) is 18.1 Å². The van der Waals surface area contributed by atoms with Crippen LogP contribution in [0.25, 0.3) is 0 Å². The zero-order valence-electron chi connectivity index (χ0n) is 20.0.